The van der Waals surface area contributed by atoms with Gasteiger partial charge < -0.3 is 9.47 Å². The summed E-state index contributed by atoms with van der Waals surface area (Å²) in [6, 6.07) is 4.15. The Kier molecular flexibility index (Phi) is 6.81. The minimum absolute atomic E-state index is 0.0257. The van der Waals surface area contributed by atoms with Crippen LogP contribution in [-0.4, -0.2) is 28.1 Å². The van der Waals surface area contributed by atoms with Crippen LogP contribution in [0.5, 0.6) is 5.75 Å². The molecule has 0 N–H and O–H groups in total. The number of benzene rings is 1. The maximum Gasteiger partial charge on any atom is 0.164 e. The van der Waals surface area contributed by atoms with Crippen LogP contribution >= 0.6 is 11.6 Å². The Hall–Kier alpha value is -2.11. The summed E-state index contributed by atoms with van der Waals surface area (Å²) in [4.78, 5) is 9.65. The van der Waals surface area contributed by atoms with Crippen molar-refractivity contribution in [2.45, 2.75) is 60.0 Å². The van der Waals surface area contributed by atoms with Gasteiger partial charge in [0.05, 0.1) is 24.6 Å². The minimum atomic E-state index is -0.0257. The number of halogens is 1. The first-order valence-electron chi connectivity index (χ1n) is 10.3. The van der Waals surface area contributed by atoms with Gasteiger partial charge in [-0.25, -0.2) is 9.97 Å². The topological polar surface area (TPSA) is 48.7 Å². The fraction of sp³-hybridized carbons (Fsp3) is 0.478. The lowest BCUT2D eigenvalue weighted by Crippen LogP contribution is -2.10. The van der Waals surface area contributed by atoms with Crippen LogP contribution in [0, 0.1) is 13.8 Å². The zero-order valence-electron chi connectivity index (χ0n) is 18.2. The number of fused-ring (bicyclic) bond motifs is 1. The lowest BCUT2D eigenvalue weighted by Gasteiger charge is -2.18. The van der Waals surface area contributed by atoms with Crippen molar-refractivity contribution < 1.29 is 9.47 Å². The number of ether oxygens (including phenoxy) is 2. The van der Waals surface area contributed by atoms with Crippen LogP contribution in [0.2, 0.25) is 5.15 Å². The number of hydrogen-bond acceptors (Lipinski definition) is 4. The van der Waals surface area contributed by atoms with Gasteiger partial charge in [0.15, 0.2) is 5.65 Å². The van der Waals surface area contributed by atoms with Crippen molar-refractivity contribution in [3.8, 4) is 17.0 Å². The summed E-state index contributed by atoms with van der Waals surface area (Å²) in [7, 11) is 1.68. The van der Waals surface area contributed by atoms with E-state index in [1.165, 1.54) is 0 Å². The number of nitrogens with zero attached hydrogens (tertiary/aromatic N) is 3. The number of hydrogen-bond donors (Lipinski definition) is 0. The number of imidazole rings is 1. The van der Waals surface area contributed by atoms with Crippen LogP contribution in [-0.2, 0) is 11.2 Å². The third-order valence-electron chi connectivity index (χ3n) is 5.15. The van der Waals surface area contributed by atoms with E-state index in [2.05, 4.69) is 43.1 Å². The summed E-state index contributed by atoms with van der Waals surface area (Å²) < 4.78 is 13.9. The zero-order chi connectivity index (χ0) is 21.1. The molecular weight excluding hydrogens is 386 g/mol. The van der Waals surface area contributed by atoms with Crippen molar-refractivity contribution in [2.75, 3.05) is 13.7 Å². The third kappa shape index (κ3) is 4.12. The lowest BCUT2D eigenvalue weighted by molar-refractivity contribution is 0.0514. The number of methoxy groups -OCH3 is 1. The van der Waals surface area contributed by atoms with Crippen LogP contribution in [0.25, 0.3) is 16.9 Å². The van der Waals surface area contributed by atoms with Crippen LogP contribution < -0.4 is 4.74 Å². The second kappa shape index (κ2) is 9.14. The summed E-state index contributed by atoms with van der Waals surface area (Å²) in [6.07, 6.45) is 4.58. The molecule has 0 bridgehead atoms. The number of rotatable bonds is 8. The Bertz CT molecular complexity index is 1010. The maximum atomic E-state index is 6.49. The highest BCUT2D eigenvalue weighted by Gasteiger charge is 2.25. The van der Waals surface area contributed by atoms with E-state index < -0.39 is 0 Å². The molecule has 2 heterocycles. The Balaban J connectivity index is 2.35. The summed E-state index contributed by atoms with van der Waals surface area (Å²) in [5, 5.41) is 0.419. The second-order valence-electron chi connectivity index (χ2n) is 7.29. The number of aryl methyl sites for hydroxylation is 3. The van der Waals surface area contributed by atoms with Crippen LogP contribution in [0.1, 0.15) is 62.2 Å². The van der Waals surface area contributed by atoms with Crippen LogP contribution in [0.3, 0.4) is 0 Å². The Morgan fingerprint density at radius 1 is 1.14 bits per heavy atom. The van der Waals surface area contributed by atoms with Crippen LogP contribution in [0.15, 0.2) is 18.3 Å². The van der Waals surface area contributed by atoms with Gasteiger partial charge in [0, 0.05) is 18.4 Å². The second-order valence-corrected chi connectivity index (χ2v) is 7.68. The van der Waals surface area contributed by atoms with E-state index in [-0.39, 0.29) is 6.10 Å². The Labute approximate surface area is 178 Å². The molecule has 0 aliphatic rings. The molecule has 0 aliphatic heterocycles. The van der Waals surface area contributed by atoms with Gasteiger partial charge >= 0.3 is 0 Å². The van der Waals surface area contributed by atoms with Crippen molar-refractivity contribution in [3.63, 3.8) is 0 Å². The van der Waals surface area contributed by atoms with E-state index in [1.807, 2.05) is 19.2 Å². The molecule has 0 aliphatic carbocycles. The highest BCUT2D eigenvalue weighted by molar-refractivity contribution is 6.29. The van der Waals surface area contributed by atoms with Gasteiger partial charge in [0.25, 0.3) is 0 Å². The van der Waals surface area contributed by atoms with Crippen molar-refractivity contribution in [1.82, 2.24) is 14.4 Å². The van der Waals surface area contributed by atoms with Crippen molar-refractivity contribution >= 4 is 17.2 Å². The molecule has 0 fully saturated rings. The molecule has 0 saturated carbocycles. The summed E-state index contributed by atoms with van der Waals surface area (Å²) in [6.45, 7) is 11.1. The SMILES string of the molecule is CCCC(OCC)c1c(CC)nc2c(-c3c(C)cc(C)cc3OC)nc(Cl)cn12. The molecule has 0 saturated heterocycles. The van der Waals surface area contributed by atoms with Gasteiger partial charge in [-0.3, -0.25) is 4.40 Å². The molecule has 0 amide bonds. The van der Waals surface area contributed by atoms with E-state index >= 15 is 0 Å². The molecule has 1 atom stereocenters. The van der Waals surface area contributed by atoms with Gasteiger partial charge in [0.2, 0.25) is 0 Å². The van der Waals surface area contributed by atoms with Gasteiger partial charge in [-0.2, -0.15) is 0 Å². The van der Waals surface area contributed by atoms with Gasteiger partial charge in [-0.05, 0) is 50.8 Å². The predicted octanol–water partition coefficient (Wildman–Crippen LogP) is 6.12. The third-order valence-corrected chi connectivity index (χ3v) is 5.33. The molecule has 0 radical (unpaired) electrons. The summed E-state index contributed by atoms with van der Waals surface area (Å²) >= 11 is 6.49. The van der Waals surface area contributed by atoms with Crippen LogP contribution in [0.4, 0.5) is 0 Å². The van der Waals surface area contributed by atoms with Gasteiger partial charge in [0.1, 0.15) is 16.6 Å². The normalized spacial score (nSPS) is 12.5. The first kappa shape index (κ1) is 21.6. The summed E-state index contributed by atoms with van der Waals surface area (Å²) in [5.41, 5.74) is 6.75. The maximum absolute atomic E-state index is 6.49. The standard InChI is InChI=1S/C23H30ClN3O2/c1-7-10-17(29-9-3)22-16(8-2)25-23-21(26-19(24)13-27(22)23)20-15(5)11-14(4)12-18(20)28-6/h11-13,17H,7-10H2,1-6H3. The Morgan fingerprint density at radius 2 is 1.90 bits per heavy atom. The molecule has 3 rings (SSSR count). The van der Waals surface area contributed by atoms with E-state index in [0.717, 1.165) is 64.4 Å². The molecule has 0 spiro atoms. The average molecular weight is 416 g/mol. The average Bonchev–Trinajstić information content (AvgIpc) is 3.05. The molecule has 1 unspecified atom stereocenters. The predicted molar refractivity (Wildman–Crippen MR) is 118 cm³/mol. The largest absolute Gasteiger partial charge is 0.496 e. The quantitative estimate of drug-likeness (QED) is 0.445. The molecule has 156 valence electrons. The van der Waals surface area contributed by atoms with E-state index in [0.29, 0.717) is 11.8 Å². The minimum Gasteiger partial charge on any atom is -0.496 e. The first-order chi connectivity index (χ1) is 13.9. The fourth-order valence-electron chi connectivity index (χ4n) is 4.01. The molecule has 2 aromatic heterocycles. The first-order valence-corrected chi connectivity index (χ1v) is 10.7. The Morgan fingerprint density at radius 3 is 2.52 bits per heavy atom. The molecule has 29 heavy (non-hydrogen) atoms. The summed E-state index contributed by atoms with van der Waals surface area (Å²) in [5.74, 6) is 0.775. The van der Waals surface area contributed by atoms with E-state index in [4.69, 9.17) is 26.1 Å². The molecule has 5 nitrogen and oxygen atoms in total. The molecule has 1 aromatic carbocycles. The lowest BCUT2D eigenvalue weighted by atomic mass is 10.0. The molecule has 3 aromatic rings. The zero-order valence-corrected chi connectivity index (χ0v) is 18.9. The fourth-order valence-corrected chi connectivity index (χ4v) is 4.19. The molecular formula is C23H30ClN3O2. The van der Waals surface area contributed by atoms with Crippen molar-refractivity contribution in [2.24, 2.45) is 0 Å². The van der Waals surface area contributed by atoms with Crippen molar-refractivity contribution in [1.29, 1.82) is 0 Å². The smallest absolute Gasteiger partial charge is 0.164 e. The molecule has 6 heteroatoms. The van der Waals surface area contributed by atoms with E-state index in [1.54, 1.807) is 7.11 Å². The van der Waals surface area contributed by atoms with Gasteiger partial charge in [-0.1, -0.05) is 37.9 Å². The highest BCUT2D eigenvalue weighted by atomic mass is 35.5. The highest BCUT2D eigenvalue weighted by Crippen LogP contribution is 2.38. The monoisotopic (exact) mass is 415 g/mol. The van der Waals surface area contributed by atoms with Gasteiger partial charge in [-0.15, -0.1) is 0 Å². The van der Waals surface area contributed by atoms with Crippen molar-refractivity contribution in [3.05, 3.63) is 46.0 Å². The number of aromatic nitrogens is 3. The van der Waals surface area contributed by atoms with E-state index in [9.17, 15) is 0 Å².